The minimum absolute atomic E-state index is 0.0987. The van der Waals surface area contributed by atoms with Gasteiger partial charge in [-0.3, -0.25) is 0 Å². The van der Waals surface area contributed by atoms with E-state index in [2.05, 4.69) is 31.6 Å². The van der Waals surface area contributed by atoms with Crippen LogP contribution in [-0.2, 0) is 9.53 Å². The summed E-state index contributed by atoms with van der Waals surface area (Å²) in [5, 5.41) is 8.76. The maximum atomic E-state index is 11.1. The van der Waals surface area contributed by atoms with E-state index in [-0.39, 0.29) is 5.57 Å². The molecule has 1 atom stereocenters. The number of esters is 1. The first kappa shape index (κ1) is 15.4. The highest BCUT2D eigenvalue weighted by Crippen LogP contribution is 2.13. The topological polar surface area (TPSA) is 50.1 Å². The van der Waals surface area contributed by atoms with Gasteiger partial charge in [-0.15, -0.1) is 0 Å². The van der Waals surface area contributed by atoms with Gasteiger partial charge in [-0.05, 0) is 39.0 Å². The van der Waals surface area contributed by atoms with Crippen LogP contribution < -0.4 is 0 Å². The van der Waals surface area contributed by atoms with Crippen molar-refractivity contribution < 1.29 is 9.53 Å². The van der Waals surface area contributed by atoms with Gasteiger partial charge < -0.3 is 4.74 Å². The first-order chi connectivity index (χ1) is 8.01. The molecule has 3 nitrogen and oxygen atoms in total. The summed E-state index contributed by atoms with van der Waals surface area (Å²) in [5.41, 5.74) is 1.42. The molecule has 0 aliphatic rings. The number of carbonyl (C=O) groups is 1. The molecule has 0 aromatic carbocycles. The molecular weight excluding hydrogens is 214 g/mol. The van der Waals surface area contributed by atoms with Crippen LogP contribution in [0.3, 0.4) is 0 Å². The van der Waals surface area contributed by atoms with E-state index < -0.39 is 5.97 Å². The Bertz CT molecular complexity index is 344. The van der Waals surface area contributed by atoms with Crippen molar-refractivity contribution >= 4 is 5.97 Å². The second kappa shape index (κ2) is 8.58. The third kappa shape index (κ3) is 7.35. The molecule has 0 aliphatic heterocycles. The number of methoxy groups -OCH3 is 1. The second-order valence-electron chi connectivity index (χ2n) is 4.42. The van der Waals surface area contributed by atoms with Gasteiger partial charge in [0.2, 0.25) is 0 Å². The van der Waals surface area contributed by atoms with Crippen LogP contribution in [0.1, 0.15) is 40.0 Å². The second-order valence-corrected chi connectivity index (χ2v) is 4.42. The summed E-state index contributed by atoms with van der Waals surface area (Å²) in [7, 11) is 1.28. The summed E-state index contributed by atoms with van der Waals surface area (Å²) in [5.74, 6) is -0.0948. The van der Waals surface area contributed by atoms with Gasteiger partial charge in [0.15, 0.2) is 0 Å². The van der Waals surface area contributed by atoms with Gasteiger partial charge in [0.1, 0.15) is 11.6 Å². The number of allylic oxidation sites excluding steroid dienone is 3. The van der Waals surface area contributed by atoms with Crippen molar-refractivity contribution in [2.45, 2.75) is 40.0 Å². The van der Waals surface area contributed by atoms with Crippen molar-refractivity contribution in [1.29, 1.82) is 5.26 Å². The van der Waals surface area contributed by atoms with Crippen LogP contribution >= 0.6 is 0 Å². The molecule has 3 heteroatoms. The molecular formula is C14H21NO2. The highest BCUT2D eigenvalue weighted by molar-refractivity contribution is 5.92. The SMILES string of the molecule is COC(=O)/C(C#N)=C/C[C@H](C)CCC=C(C)C. The molecule has 0 radical (unpaired) electrons. The molecule has 0 bridgehead atoms. The third-order valence-electron chi connectivity index (χ3n) is 2.46. The molecule has 0 rings (SSSR count). The molecule has 0 aromatic rings. The smallest absolute Gasteiger partial charge is 0.348 e. The normalized spacial score (nSPS) is 12.5. The predicted molar refractivity (Wildman–Crippen MR) is 68.2 cm³/mol. The van der Waals surface area contributed by atoms with Crippen LogP contribution in [0.2, 0.25) is 0 Å². The van der Waals surface area contributed by atoms with Gasteiger partial charge in [0.05, 0.1) is 7.11 Å². The van der Waals surface area contributed by atoms with Crippen molar-refractivity contribution in [2.24, 2.45) is 5.92 Å². The van der Waals surface area contributed by atoms with Crippen molar-refractivity contribution in [3.05, 3.63) is 23.3 Å². The van der Waals surface area contributed by atoms with E-state index >= 15 is 0 Å². The number of nitriles is 1. The van der Waals surface area contributed by atoms with Gasteiger partial charge in [-0.1, -0.05) is 24.6 Å². The standard InChI is InChI=1S/C14H21NO2/c1-11(2)6-5-7-12(3)8-9-13(10-15)14(16)17-4/h6,9,12H,5,7-8H2,1-4H3/b13-9+/t12-/m1/s1. The number of rotatable bonds is 6. The fourth-order valence-electron chi connectivity index (χ4n) is 1.38. The van der Waals surface area contributed by atoms with E-state index in [0.29, 0.717) is 5.92 Å². The summed E-state index contributed by atoms with van der Waals surface area (Å²) >= 11 is 0. The van der Waals surface area contributed by atoms with Crippen LogP contribution in [0.15, 0.2) is 23.3 Å². The average Bonchev–Trinajstić information content (AvgIpc) is 2.28. The molecule has 0 heterocycles. The molecule has 0 saturated carbocycles. The van der Waals surface area contributed by atoms with E-state index in [1.54, 1.807) is 6.08 Å². The summed E-state index contributed by atoms with van der Waals surface area (Å²) in [6, 6.07) is 1.86. The van der Waals surface area contributed by atoms with E-state index in [9.17, 15) is 4.79 Å². The van der Waals surface area contributed by atoms with E-state index in [1.807, 2.05) is 6.07 Å². The summed E-state index contributed by atoms with van der Waals surface area (Å²) in [4.78, 5) is 11.1. The van der Waals surface area contributed by atoms with Crippen molar-refractivity contribution in [1.82, 2.24) is 0 Å². The van der Waals surface area contributed by atoms with Crippen molar-refractivity contribution in [2.75, 3.05) is 7.11 Å². The molecule has 0 aromatic heterocycles. The zero-order valence-corrected chi connectivity index (χ0v) is 11.1. The fourth-order valence-corrected chi connectivity index (χ4v) is 1.38. The van der Waals surface area contributed by atoms with Crippen LogP contribution in [-0.4, -0.2) is 13.1 Å². The molecule has 0 amide bonds. The Morgan fingerprint density at radius 2 is 2.06 bits per heavy atom. The zero-order valence-electron chi connectivity index (χ0n) is 11.1. The highest BCUT2D eigenvalue weighted by Gasteiger charge is 2.08. The Morgan fingerprint density at radius 1 is 1.41 bits per heavy atom. The molecule has 17 heavy (non-hydrogen) atoms. The molecule has 0 fully saturated rings. The third-order valence-corrected chi connectivity index (χ3v) is 2.46. The monoisotopic (exact) mass is 235 g/mol. The average molecular weight is 235 g/mol. The quantitative estimate of drug-likeness (QED) is 0.307. The van der Waals surface area contributed by atoms with Crippen molar-refractivity contribution in [3.63, 3.8) is 0 Å². The maximum Gasteiger partial charge on any atom is 0.348 e. The van der Waals surface area contributed by atoms with Crippen LogP contribution in [0.4, 0.5) is 0 Å². The molecule has 0 saturated heterocycles. The molecule has 0 spiro atoms. The lowest BCUT2D eigenvalue weighted by Gasteiger charge is -2.06. The van der Waals surface area contributed by atoms with Crippen LogP contribution in [0.25, 0.3) is 0 Å². The molecule has 94 valence electrons. The number of carbonyl (C=O) groups excluding carboxylic acids is 1. The van der Waals surface area contributed by atoms with Gasteiger partial charge in [0, 0.05) is 0 Å². The Balaban J connectivity index is 4.16. The van der Waals surface area contributed by atoms with Crippen molar-refractivity contribution in [3.8, 4) is 6.07 Å². The highest BCUT2D eigenvalue weighted by atomic mass is 16.5. The lowest BCUT2D eigenvalue weighted by atomic mass is 9.99. The number of ether oxygens (including phenoxy) is 1. The Hall–Kier alpha value is -1.56. The van der Waals surface area contributed by atoms with Crippen LogP contribution in [0.5, 0.6) is 0 Å². The van der Waals surface area contributed by atoms with E-state index in [4.69, 9.17) is 5.26 Å². The Morgan fingerprint density at radius 3 is 2.53 bits per heavy atom. The predicted octanol–water partition coefficient (Wildman–Crippen LogP) is 3.38. The molecule has 0 unspecified atom stereocenters. The van der Waals surface area contributed by atoms with Crippen LogP contribution in [0, 0.1) is 17.2 Å². The lowest BCUT2D eigenvalue weighted by molar-refractivity contribution is -0.135. The summed E-state index contributed by atoms with van der Waals surface area (Å²) < 4.78 is 4.51. The number of nitrogens with zero attached hydrogens (tertiary/aromatic N) is 1. The summed E-state index contributed by atoms with van der Waals surface area (Å²) in [6.45, 7) is 6.27. The van der Waals surface area contributed by atoms with E-state index in [0.717, 1.165) is 19.3 Å². The minimum Gasteiger partial charge on any atom is -0.465 e. The fraction of sp³-hybridized carbons (Fsp3) is 0.571. The molecule has 0 N–H and O–H groups in total. The molecule has 0 aliphatic carbocycles. The Kier molecular flexibility index (Phi) is 7.79. The largest absolute Gasteiger partial charge is 0.465 e. The number of hydrogen-bond donors (Lipinski definition) is 0. The van der Waals surface area contributed by atoms with E-state index in [1.165, 1.54) is 12.7 Å². The Labute approximate surface area is 104 Å². The number of hydrogen-bond acceptors (Lipinski definition) is 3. The lowest BCUT2D eigenvalue weighted by Crippen LogP contribution is -2.03. The van der Waals surface area contributed by atoms with Gasteiger partial charge in [-0.25, -0.2) is 4.79 Å². The first-order valence-corrected chi connectivity index (χ1v) is 5.83. The maximum absolute atomic E-state index is 11.1. The first-order valence-electron chi connectivity index (χ1n) is 5.83. The van der Waals surface area contributed by atoms with Gasteiger partial charge in [0.25, 0.3) is 0 Å². The van der Waals surface area contributed by atoms with Gasteiger partial charge >= 0.3 is 5.97 Å². The summed E-state index contributed by atoms with van der Waals surface area (Å²) in [6.07, 6.45) is 6.69. The minimum atomic E-state index is -0.552. The van der Waals surface area contributed by atoms with Gasteiger partial charge in [-0.2, -0.15) is 5.26 Å². The zero-order chi connectivity index (χ0) is 13.3.